The first-order valence-corrected chi connectivity index (χ1v) is 6.81. The highest BCUT2D eigenvalue weighted by Gasteiger charge is 2.30. The summed E-state index contributed by atoms with van der Waals surface area (Å²) in [6, 6.07) is 0.935. The molecule has 0 aromatic rings. The Morgan fingerprint density at radius 1 is 1.07 bits per heavy atom. The van der Waals surface area contributed by atoms with Crippen LogP contribution in [0.3, 0.4) is 0 Å². The van der Waals surface area contributed by atoms with Crippen molar-refractivity contribution >= 4 is 0 Å². The zero-order valence-electron chi connectivity index (χ0n) is 10.5. The maximum absolute atomic E-state index is 2.77. The highest BCUT2D eigenvalue weighted by molar-refractivity contribution is 4.77. The molecule has 1 saturated heterocycles. The highest BCUT2D eigenvalue weighted by atomic mass is 15.4. The number of quaternary nitrogens is 1. The van der Waals surface area contributed by atoms with Crippen LogP contribution in [0.5, 0.6) is 0 Å². The Morgan fingerprint density at radius 3 is 2.20 bits per heavy atom. The average Bonchev–Trinajstić information content (AvgIpc) is 2.31. The number of rotatable bonds is 2. The average molecular weight is 211 g/mol. The van der Waals surface area contributed by atoms with Crippen LogP contribution in [0.15, 0.2) is 0 Å². The molecule has 2 rings (SSSR count). The third-order valence-corrected chi connectivity index (χ3v) is 4.71. The fourth-order valence-electron chi connectivity index (χ4n) is 3.09. The van der Waals surface area contributed by atoms with Gasteiger partial charge in [0.2, 0.25) is 0 Å². The van der Waals surface area contributed by atoms with E-state index in [9.17, 15) is 0 Å². The summed E-state index contributed by atoms with van der Waals surface area (Å²) < 4.78 is 1.29. The van der Waals surface area contributed by atoms with Crippen LogP contribution in [0.25, 0.3) is 0 Å². The molecular weight excluding hydrogens is 184 g/mol. The van der Waals surface area contributed by atoms with Gasteiger partial charge >= 0.3 is 0 Å². The van der Waals surface area contributed by atoms with Gasteiger partial charge in [-0.1, -0.05) is 19.3 Å². The summed E-state index contributed by atoms with van der Waals surface area (Å²) >= 11 is 0. The van der Waals surface area contributed by atoms with Crippen LogP contribution in [0, 0.1) is 0 Å². The monoisotopic (exact) mass is 211 g/mol. The summed E-state index contributed by atoms with van der Waals surface area (Å²) in [4.78, 5) is 2.77. The molecule has 0 aromatic carbocycles. The molecule has 2 fully saturated rings. The van der Waals surface area contributed by atoms with Gasteiger partial charge in [-0.2, -0.15) is 0 Å². The zero-order valence-corrected chi connectivity index (χ0v) is 10.5. The van der Waals surface area contributed by atoms with Gasteiger partial charge in [0.15, 0.2) is 0 Å². The smallest absolute Gasteiger partial charge is 0.0914 e. The van der Waals surface area contributed by atoms with E-state index >= 15 is 0 Å². The van der Waals surface area contributed by atoms with Crippen molar-refractivity contribution in [3.63, 3.8) is 0 Å². The van der Waals surface area contributed by atoms with Gasteiger partial charge in [0.25, 0.3) is 0 Å². The van der Waals surface area contributed by atoms with E-state index in [1.54, 1.807) is 0 Å². The minimum Gasteiger partial charge on any atom is -0.324 e. The second-order valence-corrected chi connectivity index (χ2v) is 5.71. The molecule has 2 aliphatic rings. The van der Waals surface area contributed by atoms with Crippen molar-refractivity contribution in [2.75, 3.05) is 39.8 Å². The molecule has 0 N–H and O–H groups in total. The van der Waals surface area contributed by atoms with E-state index in [1.165, 1.54) is 69.3 Å². The van der Waals surface area contributed by atoms with E-state index < -0.39 is 0 Å². The fourth-order valence-corrected chi connectivity index (χ4v) is 3.09. The molecule has 0 atom stereocenters. The molecule has 1 aliphatic heterocycles. The Hall–Kier alpha value is -0.0800. The van der Waals surface area contributed by atoms with Crippen LogP contribution in [0.2, 0.25) is 0 Å². The topological polar surface area (TPSA) is 3.24 Å². The Labute approximate surface area is 94.8 Å². The van der Waals surface area contributed by atoms with Crippen LogP contribution >= 0.6 is 0 Å². The van der Waals surface area contributed by atoms with E-state index in [-0.39, 0.29) is 0 Å². The lowest BCUT2D eigenvalue weighted by molar-refractivity contribution is -0.912. The summed E-state index contributed by atoms with van der Waals surface area (Å²) in [7, 11) is 2.41. The summed E-state index contributed by atoms with van der Waals surface area (Å²) in [6.07, 6.45) is 7.36. The number of likely N-dealkylation sites (N-methyl/N-ethyl adjacent to an activating group) is 1. The molecule has 0 amide bonds. The number of hydrogen-bond donors (Lipinski definition) is 0. The predicted molar refractivity (Wildman–Crippen MR) is 64.9 cm³/mol. The van der Waals surface area contributed by atoms with Gasteiger partial charge in [0.05, 0.1) is 26.7 Å². The van der Waals surface area contributed by atoms with Crippen LogP contribution in [-0.2, 0) is 0 Å². The quantitative estimate of drug-likeness (QED) is 0.632. The number of piperazine rings is 1. The van der Waals surface area contributed by atoms with Crippen molar-refractivity contribution in [1.82, 2.24) is 4.90 Å². The molecule has 1 heterocycles. The molecule has 0 aromatic heterocycles. The minimum atomic E-state index is 0.935. The summed E-state index contributed by atoms with van der Waals surface area (Å²) in [6.45, 7) is 9.05. The summed E-state index contributed by atoms with van der Waals surface area (Å²) in [5.74, 6) is 0. The first-order valence-electron chi connectivity index (χ1n) is 6.81. The Morgan fingerprint density at radius 2 is 1.67 bits per heavy atom. The first-order chi connectivity index (χ1) is 7.23. The molecule has 88 valence electrons. The number of hydrogen-bond acceptors (Lipinski definition) is 1. The molecule has 0 radical (unpaired) electrons. The van der Waals surface area contributed by atoms with Gasteiger partial charge in [-0.25, -0.2) is 0 Å². The van der Waals surface area contributed by atoms with Crippen molar-refractivity contribution in [2.24, 2.45) is 0 Å². The zero-order chi connectivity index (χ0) is 10.7. The second-order valence-electron chi connectivity index (χ2n) is 5.71. The molecule has 0 bridgehead atoms. The van der Waals surface area contributed by atoms with Crippen LogP contribution < -0.4 is 0 Å². The standard InChI is InChI=1S/C13H27N2/c1-3-15(2)11-9-14(10-12-15)13-7-5-4-6-8-13/h13H,3-12H2,1-2H3/q+1. The van der Waals surface area contributed by atoms with Crippen molar-refractivity contribution < 1.29 is 4.48 Å². The third kappa shape index (κ3) is 2.73. The summed E-state index contributed by atoms with van der Waals surface area (Å²) in [5.41, 5.74) is 0. The Balaban J connectivity index is 1.82. The molecular formula is C13H27N2+. The predicted octanol–water partition coefficient (Wildman–Crippen LogP) is 2.10. The SMILES string of the molecule is CC[N+]1(C)CCN(C2CCCCC2)CC1. The lowest BCUT2D eigenvalue weighted by Crippen LogP contribution is -2.59. The Kier molecular flexibility index (Phi) is 3.68. The fraction of sp³-hybridized carbons (Fsp3) is 1.00. The maximum Gasteiger partial charge on any atom is 0.0914 e. The van der Waals surface area contributed by atoms with Gasteiger partial charge in [-0.15, -0.1) is 0 Å². The van der Waals surface area contributed by atoms with Gasteiger partial charge < -0.3 is 4.48 Å². The molecule has 0 unspecified atom stereocenters. The molecule has 0 spiro atoms. The van der Waals surface area contributed by atoms with E-state index in [4.69, 9.17) is 0 Å². The lowest BCUT2D eigenvalue weighted by atomic mass is 9.93. The van der Waals surface area contributed by atoms with E-state index in [1.807, 2.05) is 0 Å². The van der Waals surface area contributed by atoms with Crippen molar-refractivity contribution in [2.45, 2.75) is 45.1 Å². The third-order valence-electron chi connectivity index (χ3n) is 4.71. The number of nitrogens with zero attached hydrogens (tertiary/aromatic N) is 2. The van der Waals surface area contributed by atoms with Crippen molar-refractivity contribution in [3.05, 3.63) is 0 Å². The molecule has 2 nitrogen and oxygen atoms in total. The molecule has 2 heteroatoms. The maximum atomic E-state index is 2.77. The van der Waals surface area contributed by atoms with Gasteiger partial charge in [-0.05, 0) is 19.8 Å². The van der Waals surface area contributed by atoms with Gasteiger partial charge in [-0.3, -0.25) is 4.90 Å². The Bertz CT molecular complexity index is 189. The highest BCUT2D eigenvalue weighted by Crippen LogP contribution is 2.24. The first kappa shape index (κ1) is 11.4. The van der Waals surface area contributed by atoms with Crippen LogP contribution in [0.1, 0.15) is 39.0 Å². The van der Waals surface area contributed by atoms with Crippen molar-refractivity contribution in [3.8, 4) is 0 Å². The van der Waals surface area contributed by atoms with Crippen LogP contribution in [-0.4, -0.2) is 55.2 Å². The molecule has 1 saturated carbocycles. The van der Waals surface area contributed by atoms with Crippen molar-refractivity contribution in [1.29, 1.82) is 0 Å². The van der Waals surface area contributed by atoms with E-state index in [2.05, 4.69) is 18.9 Å². The lowest BCUT2D eigenvalue weighted by Gasteiger charge is -2.44. The molecule has 15 heavy (non-hydrogen) atoms. The van der Waals surface area contributed by atoms with Crippen LogP contribution in [0.4, 0.5) is 0 Å². The largest absolute Gasteiger partial charge is 0.324 e. The second kappa shape index (κ2) is 4.84. The van der Waals surface area contributed by atoms with Gasteiger partial charge in [0.1, 0.15) is 0 Å². The van der Waals surface area contributed by atoms with E-state index in [0.29, 0.717) is 0 Å². The molecule has 1 aliphatic carbocycles. The normalized spacial score (nSPS) is 29.2. The van der Waals surface area contributed by atoms with Gasteiger partial charge in [0, 0.05) is 19.1 Å². The summed E-state index contributed by atoms with van der Waals surface area (Å²) in [5, 5.41) is 0. The van der Waals surface area contributed by atoms with E-state index in [0.717, 1.165) is 6.04 Å². The minimum absolute atomic E-state index is 0.935.